The summed E-state index contributed by atoms with van der Waals surface area (Å²) < 4.78 is 0. The van der Waals surface area contributed by atoms with Crippen molar-refractivity contribution in [1.29, 1.82) is 0 Å². The molecule has 8 atom stereocenters. The molecule has 3 fully saturated rings. The van der Waals surface area contributed by atoms with Gasteiger partial charge in [-0.3, -0.25) is 0 Å². The molecule has 3 rings (SSSR count). The minimum absolute atomic E-state index is 0.0393. The standard InChI is InChI=1S/C27H46O/c1-7-8-17-27(6)24-16-18-26(5)22(20(4)11-9-10-19(2)3)13-14-23(26)21(24)12-15-25(27)28/h1,19-25,28H,8-18H2,2-6H3/t20-,21?,22?,23?,24?,25+,26-,27-/m1/s1. The second-order valence-electron chi connectivity index (χ2n) is 11.7. The number of aliphatic hydroxyl groups is 1. The largest absolute Gasteiger partial charge is 0.393 e. The van der Waals surface area contributed by atoms with Crippen LogP contribution >= 0.6 is 0 Å². The van der Waals surface area contributed by atoms with E-state index >= 15 is 0 Å². The van der Waals surface area contributed by atoms with E-state index in [4.69, 9.17) is 6.42 Å². The lowest BCUT2D eigenvalue weighted by Gasteiger charge is -2.58. The number of terminal acetylenes is 1. The first-order valence-corrected chi connectivity index (χ1v) is 12.4. The van der Waals surface area contributed by atoms with Gasteiger partial charge in [-0.1, -0.05) is 53.9 Å². The molecule has 0 amide bonds. The Morgan fingerprint density at radius 1 is 1.00 bits per heavy atom. The van der Waals surface area contributed by atoms with E-state index in [-0.39, 0.29) is 11.5 Å². The summed E-state index contributed by atoms with van der Waals surface area (Å²) in [6, 6.07) is 0. The number of aliphatic hydroxyl groups excluding tert-OH is 1. The molecule has 4 unspecified atom stereocenters. The molecule has 1 heteroatoms. The highest BCUT2D eigenvalue weighted by atomic mass is 16.3. The van der Waals surface area contributed by atoms with Crippen molar-refractivity contribution in [3.8, 4) is 12.3 Å². The van der Waals surface area contributed by atoms with Gasteiger partial charge >= 0.3 is 0 Å². The Labute approximate surface area is 175 Å². The monoisotopic (exact) mass is 386 g/mol. The van der Waals surface area contributed by atoms with Gasteiger partial charge < -0.3 is 5.11 Å². The van der Waals surface area contributed by atoms with Gasteiger partial charge in [0.05, 0.1) is 6.10 Å². The molecule has 3 aliphatic carbocycles. The van der Waals surface area contributed by atoms with E-state index in [0.29, 0.717) is 11.3 Å². The zero-order valence-electron chi connectivity index (χ0n) is 19.3. The van der Waals surface area contributed by atoms with Crippen LogP contribution in [0.15, 0.2) is 0 Å². The molecular formula is C27H46O. The number of hydrogen-bond donors (Lipinski definition) is 1. The van der Waals surface area contributed by atoms with E-state index < -0.39 is 0 Å². The van der Waals surface area contributed by atoms with Gasteiger partial charge in [0.2, 0.25) is 0 Å². The molecule has 28 heavy (non-hydrogen) atoms. The van der Waals surface area contributed by atoms with Crippen LogP contribution in [-0.2, 0) is 0 Å². The Hall–Kier alpha value is -0.480. The Balaban J connectivity index is 1.72. The van der Waals surface area contributed by atoms with E-state index in [1.165, 1.54) is 51.4 Å². The smallest absolute Gasteiger partial charge is 0.0597 e. The summed E-state index contributed by atoms with van der Waals surface area (Å²) in [6.07, 6.45) is 19.2. The maximum atomic E-state index is 10.9. The van der Waals surface area contributed by atoms with Crippen molar-refractivity contribution >= 4 is 0 Å². The summed E-state index contributed by atoms with van der Waals surface area (Å²) in [5.74, 6) is 7.84. The van der Waals surface area contributed by atoms with E-state index in [1.807, 2.05) is 0 Å². The van der Waals surface area contributed by atoms with Gasteiger partial charge in [-0.15, -0.1) is 12.3 Å². The van der Waals surface area contributed by atoms with Gasteiger partial charge in [0.15, 0.2) is 0 Å². The van der Waals surface area contributed by atoms with Crippen LogP contribution < -0.4 is 0 Å². The summed E-state index contributed by atoms with van der Waals surface area (Å²) in [5, 5.41) is 10.9. The van der Waals surface area contributed by atoms with Gasteiger partial charge in [0.1, 0.15) is 0 Å². The molecule has 3 aliphatic rings. The fourth-order valence-electron chi connectivity index (χ4n) is 8.15. The maximum Gasteiger partial charge on any atom is 0.0597 e. The summed E-state index contributed by atoms with van der Waals surface area (Å²) in [4.78, 5) is 0. The first kappa shape index (κ1) is 22.2. The molecule has 0 saturated heterocycles. The maximum absolute atomic E-state index is 10.9. The molecule has 0 radical (unpaired) electrons. The van der Waals surface area contributed by atoms with E-state index in [1.54, 1.807) is 0 Å². The predicted molar refractivity (Wildman–Crippen MR) is 120 cm³/mol. The average Bonchev–Trinajstić information content (AvgIpc) is 3.00. The molecule has 0 aliphatic heterocycles. The number of fused-ring (bicyclic) bond motifs is 3. The van der Waals surface area contributed by atoms with Crippen molar-refractivity contribution in [2.75, 3.05) is 0 Å². The summed E-state index contributed by atoms with van der Waals surface area (Å²) in [6.45, 7) is 12.3. The third kappa shape index (κ3) is 3.93. The van der Waals surface area contributed by atoms with Gasteiger partial charge in [0, 0.05) is 6.42 Å². The van der Waals surface area contributed by atoms with Gasteiger partial charge in [-0.2, -0.15) is 0 Å². The van der Waals surface area contributed by atoms with Crippen LogP contribution in [0.1, 0.15) is 105 Å². The highest BCUT2D eigenvalue weighted by molar-refractivity contribution is 5.09. The summed E-state index contributed by atoms with van der Waals surface area (Å²) in [5.41, 5.74) is 0.575. The van der Waals surface area contributed by atoms with Crippen molar-refractivity contribution in [2.24, 2.45) is 46.3 Å². The minimum atomic E-state index is -0.154. The van der Waals surface area contributed by atoms with Gasteiger partial charge in [-0.25, -0.2) is 0 Å². The first-order chi connectivity index (χ1) is 13.2. The van der Waals surface area contributed by atoms with E-state index in [0.717, 1.165) is 48.9 Å². The fraction of sp³-hybridized carbons (Fsp3) is 0.926. The van der Waals surface area contributed by atoms with Crippen molar-refractivity contribution in [3.05, 3.63) is 0 Å². The van der Waals surface area contributed by atoms with Crippen LogP contribution in [0.4, 0.5) is 0 Å². The molecule has 0 aromatic carbocycles. The molecule has 160 valence electrons. The van der Waals surface area contributed by atoms with Crippen LogP contribution in [0, 0.1) is 58.7 Å². The van der Waals surface area contributed by atoms with Crippen LogP contribution in [0.2, 0.25) is 0 Å². The molecule has 1 N–H and O–H groups in total. The van der Waals surface area contributed by atoms with Crippen molar-refractivity contribution in [2.45, 2.75) is 111 Å². The van der Waals surface area contributed by atoms with Crippen molar-refractivity contribution in [3.63, 3.8) is 0 Å². The minimum Gasteiger partial charge on any atom is -0.393 e. The average molecular weight is 387 g/mol. The lowest BCUT2D eigenvalue weighted by Crippen LogP contribution is -2.54. The lowest BCUT2D eigenvalue weighted by molar-refractivity contribution is -0.132. The molecule has 0 aromatic rings. The molecule has 1 nitrogen and oxygen atoms in total. The van der Waals surface area contributed by atoms with Crippen LogP contribution in [0.5, 0.6) is 0 Å². The SMILES string of the molecule is C#CCC[C@]1(C)C2CC[C@@]3(C)C(CCC3[C@H](C)CCCC(C)C)C2CC[C@@H]1O. The van der Waals surface area contributed by atoms with Crippen molar-refractivity contribution in [1.82, 2.24) is 0 Å². The Morgan fingerprint density at radius 3 is 2.43 bits per heavy atom. The van der Waals surface area contributed by atoms with Crippen LogP contribution in [-0.4, -0.2) is 11.2 Å². The molecule has 3 saturated carbocycles. The molecule has 0 bridgehead atoms. The fourth-order valence-corrected chi connectivity index (χ4v) is 8.15. The summed E-state index contributed by atoms with van der Waals surface area (Å²) in [7, 11) is 0. The van der Waals surface area contributed by atoms with E-state index in [9.17, 15) is 5.11 Å². The second-order valence-corrected chi connectivity index (χ2v) is 11.7. The number of rotatable bonds is 7. The predicted octanol–water partition coefficient (Wildman–Crippen LogP) is 7.08. The van der Waals surface area contributed by atoms with Gasteiger partial charge in [0.25, 0.3) is 0 Å². The second kappa shape index (κ2) is 8.71. The highest BCUT2D eigenvalue weighted by Gasteiger charge is 2.59. The molecule has 0 spiro atoms. The normalized spacial score (nSPS) is 44.0. The lowest BCUT2D eigenvalue weighted by atomic mass is 9.47. The third-order valence-corrected chi connectivity index (χ3v) is 9.83. The van der Waals surface area contributed by atoms with Crippen LogP contribution in [0.25, 0.3) is 0 Å². The first-order valence-electron chi connectivity index (χ1n) is 12.4. The Bertz CT molecular complexity index is 559. The highest BCUT2D eigenvalue weighted by Crippen LogP contribution is 2.66. The van der Waals surface area contributed by atoms with Gasteiger partial charge in [-0.05, 0) is 91.3 Å². The number of hydrogen-bond acceptors (Lipinski definition) is 1. The third-order valence-electron chi connectivity index (χ3n) is 9.83. The molecule has 0 heterocycles. The Morgan fingerprint density at radius 2 is 1.75 bits per heavy atom. The van der Waals surface area contributed by atoms with Crippen molar-refractivity contribution < 1.29 is 5.11 Å². The van der Waals surface area contributed by atoms with Crippen LogP contribution in [0.3, 0.4) is 0 Å². The van der Waals surface area contributed by atoms with E-state index in [2.05, 4.69) is 40.5 Å². The molecule has 0 aromatic heterocycles. The Kier molecular flexibility index (Phi) is 6.91. The zero-order valence-corrected chi connectivity index (χ0v) is 19.3. The topological polar surface area (TPSA) is 20.2 Å². The molecular weight excluding hydrogens is 340 g/mol. The quantitative estimate of drug-likeness (QED) is 0.463. The summed E-state index contributed by atoms with van der Waals surface area (Å²) >= 11 is 0. The zero-order chi connectivity index (χ0) is 20.5.